The minimum atomic E-state index is -0.200. The summed E-state index contributed by atoms with van der Waals surface area (Å²) < 4.78 is 24.0. The van der Waals surface area contributed by atoms with Gasteiger partial charge < -0.3 is 19.8 Å². The molecule has 3 rings (SSSR count). The zero-order valence-corrected chi connectivity index (χ0v) is 17.7. The van der Waals surface area contributed by atoms with Crippen LogP contribution in [-0.2, 0) is 17.6 Å². The molecule has 0 aliphatic carbocycles. The van der Waals surface area contributed by atoms with Crippen molar-refractivity contribution in [2.24, 2.45) is 10.9 Å². The summed E-state index contributed by atoms with van der Waals surface area (Å²) >= 11 is 0. The van der Waals surface area contributed by atoms with E-state index in [4.69, 9.17) is 9.15 Å². The summed E-state index contributed by atoms with van der Waals surface area (Å²) in [6, 6.07) is 10.6. The molecule has 27 heavy (non-hydrogen) atoms. The molecule has 0 amide bonds. The summed E-state index contributed by atoms with van der Waals surface area (Å²) in [5.74, 6) is 2.01. The summed E-state index contributed by atoms with van der Waals surface area (Å²) in [6.07, 6.45) is 4.28. The van der Waals surface area contributed by atoms with Crippen molar-refractivity contribution >= 4 is 29.9 Å². The maximum atomic E-state index is 13.3. The van der Waals surface area contributed by atoms with Gasteiger partial charge in [-0.1, -0.05) is 12.1 Å². The molecular weight excluding hydrogens is 460 g/mol. The molecule has 1 atom stereocenters. The van der Waals surface area contributed by atoms with E-state index >= 15 is 0 Å². The molecule has 1 fully saturated rings. The van der Waals surface area contributed by atoms with E-state index in [1.807, 2.05) is 18.2 Å². The van der Waals surface area contributed by atoms with Crippen molar-refractivity contribution in [2.75, 3.05) is 32.8 Å². The zero-order chi connectivity index (χ0) is 18.0. The second-order valence-electron chi connectivity index (χ2n) is 6.48. The number of hydrogen-bond acceptors (Lipinski definition) is 3. The highest BCUT2D eigenvalue weighted by atomic mass is 127. The van der Waals surface area contributed by atoms with Crippen LogP contribution >= 0.6 is 24.0 Å². The van der Waals surface area contributed by atoms with E-state index in [1.165, 1.54) is 6.07 Å². The topological polar surface area (TPSA) is 58.8 Å². The fraction of sp³-hybridized carbons (Fsp3) is 0.450. The lowest BCUT2D eigenvalue weighted by Gasteiger charge is -2.13. The molecule has 5 nitrogen and oxygen atoms in total. The van der Waals surface area contributed by atoms with Crippen LogP contribution in [0.4, 0.5) is 4.39 Å². The maximum Gasteiger partial charge on any atom is 0.191 e. The van der Waals surface area contributed by atoms with E-state index < -0.39 is 0 Å². The normalized spacial score (nSPS) is 16.8. The Bertz CT molecular complexity index is 688. The lowest BCUT2D eigenvalue weighted by molar-refractivity contribution is 0.187. The average Bonchev–Trinajstić information content (AvgIpc) is 3.33. The van der Waals surface area contributed by atoms with Crippen molar-refractivity contribution < 1.29 is 13.5 Å². The number of nitrogens with zero attached hydrogens (tertiary/aromatic N) is 1. The van der Waals surface area contributed by atoms with Gasteiger partial charge in [-0.2, -0.15) is 0 Å². The quantitative estimate of drug-likeness (QED) is 0.341. The van der Waals surface area contributed by atoms with Gasteiger partial charge in [-0.15, -0.1) is 24.0 Å². The van der Waals surface area contributed by atoms with Gasteiger partial charge in [0.05, 0.1) is 12.9 Å². The van der Waals surface area contributed by atoms with Gasteiger partial charge in [0.1, 0.15) is 11.6 Å². The van der Waals surface area contributed by atoms with Crippen LogP contribution in [0.5, 0.6) is 0 Å². The number of aliphatic imine (C=N–C) groups is 1. The molecule has 2 N–H and O–H groups in total. The minimum Gasteiger partial charge on any atom is -0.469 e. The molecular formula is C20H27FIN3O2. The number of furan rings is 1. The Labute approximate surface area is 176 Å². The number of benzene rings is 1. The number of halogens is 2. The third kappa shape index (κ3) is 7.88. The Morgan fingerprint density at radius 2 is 2.00 bits per heavy atom. The van der Waals surface area contributed by atoms with Crippen LogP contribution in [0.3, 0.4) is 0 Å². The van der Waals surface area contributed by atoms with Crippen molar-refractivity contribution in [1.82, 2.24) is 10.6 Å². The molecule has 7 heteroatoms. The third-order valence-electron chi connectivity index (χ3n) is 4.37. The van der Waals surface area contributed by atoms with Crippen LogP contribution in [0.15, 0.2) is 52.1 Å². The van der Waals surface area contributed by atoms with Crippen LogP contribution in [0.1, 0.15) is 17.7 Å². The van der Waals surface area contributed by atoms with Gasteiger partial charge in [-0.3, -0.25) is 4.99 Å². The summed E-state index contributed by atoms with van der Waals surface area (Å²) in [7, 11) is 0. The Hall–Kier alpha value is -1.61. The predicted molar refractivity (Wildman–Crippen MR) is 115 cm³/mol. The highest BCUT2D eigenvalue weighted by Gasteiger charge is 2.15. The van der Waals surface area contributed by atoms with Crippen LogP contribution < -0.4 is 10.6 Å². The molecule has 1 aromatic heterocycles. The standard InChI is InChI=1S/C20H26FN3O2.HI/c21-18-4-1-3-16(13-18)6-9-22-20(24-14-17-8-12-25-15-17)23-10-7-19-5-2-11-26-19;/h1-5,11,13,17H,6-10,12,14-15H2,(H2,22,23,24);1H. The maximum absolute atomic E-state index is 13.3. The van der Waals surface area contributed by atoms with Crippen LogP contribution in [0, 0.1) is 11.7 Å². The van der Waals surface area contributed by atoms with Crippen molar-refractivity contribution in [3.63, 3.8) is 0 Å². The van der Waals surface area contributed by atoms with E-state index in [2.05, 4.69) is 15.6 Å². The second-order valence-corrected chi connectivity index (χ2v) is 6.48. The fourth-order valence-corrected chi connectivity index (χ4v) is 2.90. The average molecular weight is 487 g/mol. The van der Waals surface area contributed by atoms with Crippen LogP contribution in [0.25, 0.3) is 0 Å². The molecule has 2 aromatic rings. The number of guanidine groups is 1. The molecule has 1 aliphatic heterocycles. The van der Waals surface area contributed by atoms with Gasteiger partial charge >= 0.3 is 0 Å². The van der Waals surface area contributed by atoms with Gasteiger partial charge in [0, 0.05) is 38.6 Å². The molecule has 1 aliphatic rings. The monoisotopic (exact) mass is 487 g/mol. The summed E-state index contributed by atoms with van der Waals surface area (Å²) in [4.78, 5) is 4.68. The highest BCUT2D eigenvalue weighted by Crippen LogP contribution is 2.12. The van der Waals surface area contributed by atoms with Crippen molar-refractivity contribution in [1.29, 1.82) is 0 Å². The summed E-state index contributed by atoms with van der Waals surface area (Å²) in [6.45, 7) is 3.79. The summed E-state index contributed by atoms with van der Waals surface area (Å²) in [5, 5.41) is 6.68. The van der Waals surface area contributed by atoms with E-state index in [-0.39, 0.29) is 29.8 Å². The first kappa shape index (κ1) is 21.7. The van der Waals surface area contributed by atoms with Gasteiger partial charge in [0.15, 0.2) is 5.96 Å². The molecule has 1 aromatic carbocycles. The fourth-order valence-electron chi connectivity index (χ4n) is 2.90. The van der Waals surface area contributed by atoms with E-state index in [0.717, 1.165) is 62.8 Å². The lowest BCUT2D eigenvalue weighted by Crippen LogP contribution is -2.39. The second kappa shape index (κ2) is 12.0. The number of rotatable bonds is 8. The highest BCUT2D eigenvalue weighted by molar-refractivity contribution is 14.0. The SMILES string of the molecule is Fc1cccc(CCNC(=NCC2CCOC2)NCCc2ccco2)c1.I. The van der Waals surface area contributed by atoms with Crippen molar-refractivity contribution in [3.05, 3.63) is 59.8 Å². The Morgan fingerprint density at radius 3 is 2.70 bits per heavy atom. The Balaban J connectivity index is 0.00000261. The first-order valence-corrected chi connectivity index (χ1v) is 9.16. The number of nitrogens with one attached hydrogen (secondary N) is 2. The number of ether oxygens (including phenoxy) is 1. The zero-order valence-electron chi connectivity index (χ0n) is 15.3. The van der Waals surface area contributed by atoms with Crippen molar-refractivity contribution in [2.45, 2.75) is 19.3 Å². The van der Waals surface area contributed by atoms with Crippen molar-refractivity contribution in [3.8, 4) is 0 Å². The van der Waals surface area contributed by atoms with Gasteiger partial charge in [-0.25, -0.2) is 4.39 Å². The molecule has 2 heterocycles. The smallest absolute Gasteiger partial charge is 0.191 e. The van der Waals surface area contributed by atoms with Crippen LogP contribution in [0.2, 0.25) is 0 Å². The Morgan fingerprint density at radius 1 is 1.15 bits per heavy atom. The van der Waals surface area contributed by atoms with Gasteiger partial charge in [-0.05, 0) is 42.7 Å². The lowest BCUT2D eigenvalue weighted by atomic mass is 10.1. The largest absolute Gasteiger partial charge is 0.469 e. The molecule has 0 saturated carbocycles. The first-order chi connectivity index (χ1) is 12.8. The van der Waals surface area contributed by atoms with E-state index in [0.29, 0.717) is 12.5 Å². The minimum absolute atomic E-state index is 0. The van der Waals surface area contributed by atoms with Gasteiger partial charge in [0.2, 0.25) is 0 Å². The van der Waals surface area contributed by atoms with Gasteiger partial charge in [0.25, 0.3) is 0 Å². The molecule has 1 unspecified atom stereocenters. The molecule has 1 saturated heterocycles. The molecule has 0 spiro atoms. The molecule has 148 valence electrons. The summed E-state index contributed by atoms with van der Waals surface area (Å²) in [5.41, 5.74) is 0.969. The number of hydrogen-bond donors (Lipinski definition) is 2. The first-order valence-electron chi connectivity index (χ1n) is 9.16. The predicted octanol–water partition coefficient (Wildman–Crippen LogP) is 3.39. The van der Waals surface area contributed by atoms with Crippen LogP contribution in [-0.4, -0.2) is 38.8 Å². The molecule has 0 bridgehead atoms. The molecule has 0 radical (unpaired) electrons. The Kier molecular flexibility index (Phi) is 9.61. The van der Waals surface area contributed by atoms with E-state index in [9.17, 15) is 4.39 Å². The van der Waals surface area contributed by atoms with E-state index in [1.54, 1.807) is 18.4 Å². The third-order valence-corrected chi connectivity index (χ3v) is 4.37.